The van der Waals surface area contributed by atoms with E-state index in [-0.39, 0.29) is 5.41 Å². The van der Waals surface area contributed by atoms with Crippen molar-refractivity contribution in [3.05, 3.63) is 138 Å². The lowest BCUT2D eigenvalue weighted by atomic mass is 9.70. The van der Waals surface area contributed by atoms with Crippen molar-refractivity contribution in [3.63, 3.8) is 0 Å². The van der Waals surface area contributed by atoms with E-state index in [0.717, 1.165) is 11.1 Å². The van der Waals surface area contributed by atoms with Crippen molar-refractivity contribution in [1.29, 1.82) is 0 Å². The Morgan fingerprint density at radius 3 is 1.53 bits per heavy atom. The summed E-state index contributed by atoms with van der Waals surface area (Å²) in [5.41, 5.74) is 12.6. The normalized spacial score (nSPS) is 13.7. The van der Waals surface area contributed by atoms with Crippen molar-refractivity contribution in [1.82, 2.24) is 0 Å². The van der Waals surface area contributed by atoms with Crippen molar-refractivity contribution < 1.29 is 9.68 Å². The summed E-state index contributed by atoms with van der Waals surface area (Å²) in [4.78, 5) is 0. The zero-order chi connectivity index (χ0) is 22.7. The first-order valence-corrected chi connectivity index (χ1v) is 11.5. The largest absolute Gasteiger partial charge is 0.569 e. The van der Waals surface area contributed by atoms with Crippen molar-refractivity contribution in [3.8, 4) is 39.1 Å². The summed E-state index contributed by atoms with van der Waals surface area (Å²) in [7, 11) is 0.706. The van der Waals surface area contributed by atoms with Gasteiger partial charge < -0.3 is 9.68 Å². The maximum atomic E-state index is 8.90. The van der Waals surface area contributed by atoms with Crippen molar-refractivity contribution in [2.45, 2.75) is 5.41 Å². The molecule has 2 nitrogen and oxygen atoms in total. The smallest absolute Gasteiger partial charge is 0.537 e. The van der Waals surface area contributed by atoms with Crippen LogP contribution in [0, 0.1) is 0 Å². The molecule has 0 amide bonds. The van der Waals surface area contributed by atoms with E-state index in [1.165, 1.54) is 44.5 Å². The van der Waals surface area contributed by atoms with Crippen molar-refractivity contribution in [2.24, 2.45) is 0 Å². The molecule has 1 radical (unpaired) electrons. The van der Waals surface area contributed by atoms with E-state index in [1.54, 1.807) is 0 Å². The summed E-state index contributed by atoms with van der Waals surface area (Å²) in [5, 5.41) is 8.90. The van der Waals surface area contributed by atoms with Gasteiger partial charge in [0, 0.05) is 0 Å². The third kappa shape index (κ3) is 2.45. The van der Waals surface area contributed by atoms with Crippen LogP contribution in [0.2, 0.25) is 0 Å². The van der Waals surface area contributed by atoms with E-state index >= 15 is 0 Å². The Labute approximate surface area is 199 Å². The first kappa shape index (κ1) is 19.4. The molecular formula is C31H20BO2. The molecule has 0 aliphatic heterocycles. The molecule has 0 bridgehead atoms. The third-order valence-corrected chi connectivity index (χ3v) is 7.37. The van der Waals surface area contributed by atoms with E-state index in [2.05, 4.69) is 91.0 Å². The minimum Gasteiger partial charge on any atom is -0.537 e. The van der Waals surface area contributed by atoms with Crippen LogP contribution in [0.3, 0.4) is 0 Å². The molecule has 3 heteroatoms. The van der Waals surface area contributed by atoms with Gasteiger partial charge in [0.25, 0.3) is 0 Å². The second-order valence-electron chi connectivity index (χ2n) is 8.89. The van der Waals surface area contributed by atoms with E-state index in [9.17, 15) is 0 Å². The van der Waals surface area contributed by atoms with Gasteiger partial charge in [-0.25, -0.2) is 0 Å². The number of benzene rings is 5. The van der Waals surface area contributed by atoms with Crippen LogP contribution in [0.1, 0.15) is 22.3 Å². The highest BCUT2D eigenvalue weighted by Gasteiger charge is 2.51. The Kier molecular flexibility index (Phi) is 4.11. The van der Waals surface area contributed by atoms with E-state index in [4.69, 9.17) is 9.68 Å². The Bertz CT molecular complexity index is 1520. The Morgan fingerprint density at radius 2 is 0.971 bits per heavy atom. The molecule has 34 heavy (non-hydrogen) atoms. The summed E-state index contributed by atoms with van der Waals surface area (Å²) in [5.74, 6) is 0.607. The number of hydrogen-bond acceptors (Lipinski definition) is 2. The standard InChI is InChI=1S/C31H20BO2/c33-32-34-22-16-13-20(14-17-22)21-15-18-30-26(19-21)25-9-3-6-12-29(25)31(30)27-10-4-1-7-23(27)24-8-2-5-11-28(24)31/h1-19,33H. The third-order valence-electron chi connectivity index (χ3n) is 7.37. The summed E-state index contributed by atoms with van der Waals surface area (Å²) in [6, 6.07) is 41.2. The molecule has 2 aliphatic rings. The summed E-state index contributed by atoms with van der Waals surface area (Å²) < 4.78 is 5.08. The average molecular weight is 435 g/mol. The van der Waals surface area contributed by atoms with Crippen molar-refractivity contribution in [2.75, 3.05) is 0 Å². The first-order valence-electron chi connectivity index (χ1n) is 11.5. The lowest BCUT2D eigenvalue weighted by Crippen LogP contribution is -2.25. The van der Waals surface area contributed by atoms with Gasteiger partial charge in [0.15, 0.2) is 0 Å². The average Bonchev–Trinajstić information content (AvgIpc) is 3.36. The molecule has 1 spiro atoms. The second kappa shape index (κ2) is 7.21. The lowest BCUT2D eigenvalue weighted by Gasteiger charge is -2.30. The minimum atomic E-state index is -0.299. The van der Waals surface area contributed by atoms with E-state index < -0.39 is 0 Å². The fourth-order valence-corrected chi connectivity index (χ4v) is 6.07. The molecule has 0 heterocycles. The van der Waals surface area contributed by atoms with Gasteiger partial charge in [0.05, 0.1) is 5.41 Å². The van der Waals surface area contributed by atoms with Crippen LogP contribution in [-0.4, -0.2) is 12.7 Å². The molecule has 0 unspecified atom stereocenters. The SMILES string of the molecule is O[B]Oc1ccc(-c2ccc3c(c2)-c2ccccc2C32c3ccccc3-c3ccccc32)cc1. The van der Waals surface area contributed by atoms with E-state index in [0.29, 0.717) is 13.4 Å². The highest BCUT2D eigenvalue weighted by molar-refractivity contribution is 6.17. The van der Waals surface area contributed by atoms with Gasteiger partial charge in [-0.1, -0.05) is 97.1 Å². The van der Waals surface area contributed by atoms with Gasteiger partial charge >= 0.3 is 7.69 Å². The Morgan fingerprint density at radius 1 is 0.500 bits per heavy atom. The molecule has 0 saturated carbocycles. The van der Waals surface area contributed by atoms with Crippen LogP contribution in [0.5, 0.6) is 5.75 Å². The molecule has 5 aromatic carbocycles. The highest BCUT2D eigenvalue weighted by atomic mass is 16.5. The van der Waals surface area contributed by atoms with Gasteiger partial charge in [-0.3, -0.25) is 0 Å². The summed E-state index contributed by atoms with van der Waals surface area (Å²) >= 11 is 0. The minimum absolute atomic E-state index is 0.299. The first-order chi connectivity index (χ1) is 16.8. The molecule has 159 valence electrons. The van der Waals surface area contributed by atoms with Crippen LogP contribution in [0.4, 0.5) is 0 Å². The molecular weight excluding hydrogens is 415 g/mol. The van der Waals surface area contributed by atoms with Gasteiger partial charge in [-0.15, -0.1) is 0 Å². The van der Waals surface area contributed by atoms with Gasteiger partial charge in [0.2, 0.25) is 0 Å². The van der Waals surface area contributed by atoms with Crippen LogP contribution in [0.25, 0.3) is 33.4 Å². The maximum absolute atomic E-state index is 8.90. The Hall–Kier alpha value is -4.08. The second-order valence-corrected chi connectivity index (χ2v) is 8.89. The predicted molar refractivity (Wildman–Crippen MR) is 137 cm³/mol. The monoisotopic (exact) mass is 435 g/mol. The van der Waals surface area contributed by atoms with Gasteiger partial charge in [-0.2, -0.15) is 0 Å². The molecule has 1 N–H and O–H groups in total. The maximum Gasteiger partial charge on any atom is 0.569 e. The number of fused-ring (bicyclic) bond motifs is 10. The molecule has 7 rings (SSSR count). The lowest BCUT2D eigenvalue weighted by molar-refractivity contribution is 0.454. The highest BCUT2D eigenvalue weighted by Crippen LogP contribution is 2.62. The summed E-state index contributed by atoms with van der Waals surface area (Å²) in [6.07, 6.45) is 0. The Balaban J connectivity index is 1.50. The van der Waals surface area contributed by atoms with Gasteiger partial charge in [-0.05, 0) is 73.8 Å². The molecule has 2 aliphatic carbocycles. The van der Waals surface area contributed by atoms with Crippen LogP contribution < -0.4 is 4.65 Å². The van der Waals surface area contributed by atoms with E-state index in [1.807, 2.05) is 24.3 Å². The van der Waals surface area contributed by atoms with Crippen molar-refractivity contribution >= 4 is 7.69 Å². The van der Waals surface area contributed by atoms with Gasteiger partial charge in [0.1, 0.15) is 5.75 Å². The molecule has 0 atom stereocenters. The van der Waals surface area contributed by atoms with Crippen LogP contribution in [-0.2, 0) is 5.41 Å². The zero-order valence-electron chi connectivity index (χ0n) is 18.4. The molecule has 0 fully saturated rings. The summed E-state index contributed by atoms with van der Waals surface area (Å²) in [6.45, 7) is 0. The predicted octanol–water partition coefficient (Wildman–Crippen LogP) is 6.60. The topological polar surface area (TPSA) is 29.5 Å². The molecule has 0 aromatic heterocycles. The fourth-order valence-electron chi connectivity index (χ4n) is 6.07. The molecule has 0 saturated heterocycles. The quantitative estimate of drug-likeness (QED) is 0.317. The zero-order valence-corrected chi connectivity index (χ0v) is 18.4. The van der Waals surface area contributed by atoms with Crippen LogP contribution in [0.15, 0.2) is 115 Å². The number of hydrogen-bond donors (Lipinski definition) is 1. The van der Waals surface area contributed by atoms with Crippen LogP contribution >= 0.6 is 0 Å². The fraction of sp³-hybridized carbons (Fsp3) is 0.0323. The number of rotatable bonds is 3. The molecule has 5 aromatic rings.